The molecule has 2 aliphatic heterocycles. The zero-order chi connectivity index (χ0) is 13.2. The van der Waals surface area contributed by atoms with Crippen molar-refractivity contribution in [2.45, 2.75) is 51.1 Å². The smallest absolute Gasteiger partial charge is 0.193 e. The molecule has 2 heterocycles. The maximum atomic E-state index is 4.48. The molecule has 1 saturated carbocycles. The van der Waals surface area contributed by atoms with Gasteiger partial charge in [-0.1, -0.05) is 13.3 Å². The molecule has 20 heavy (non-hydrogen) atoms. The minimum Gasteiger partial charge on any atom is -0.353 e. The van der Waals surface area contributed by atoms with Gasteiger partial charge in [0.2, 0.25) is 0 Å². The second kappa shape index (κ2) is 7.29. The predicted octanol–water partition coefficient (Wildman–Crippen LogP) is 2.15. The van der Waals surface area contributed by atoms with Crippen LogP contribution in [0.25, 0.3) is 0 Å². The lowest BCUT2D eigenvalue weighted by Crippen LogP contribution is -2.45. The molecule has 1 aliphatic carbocycles. The van der Waals surface area contributed by atoms with E-state index in [1.54, 1.807) is 0 Å². The van der Waals surface area contributed by atoms with E-state index in [1.165, 1.54) is 58.3 Å². The summed E-state index contributed by atoms with van der Waals surface area (Å²) >= 11 is 0. The Morgan fingerprint density at radius 3 is 2.45 bits per heavy atom. The maximum Gasteiger partial charge on any atom is 0.193 e. The second-order valence-electron chi connectivity index (χ2n) is 6.50. The number of likely N-dealkylation sites (tertiary alicyclic amines) is 2. The van der Waals surface area contributed by atoms with Crippen LogP contribution in [0, 0.1) is 5.92 Å². The first-order valence-electron chi connectivity index (χ1n) is 8.00. The first-order valence-corrected chi connectivity index (χ1v) is 8.00. The van der Waals surface area contributed by atoms with Crippen LogP contribution in [0.1, 0.15) is 39.0 Å². The Kier molecular flexibility index (Phi) is 5.95. The molecule has 3 unspecified atom stereocenters. The average molecular weight is 392 g/mol. The quantitative estimate of drug-likeness (QED) is 0.444. The Labute approximate surface area is 140 Å². The predicted molar refractivity (Wildman–Crippen MR) is 94.9 cm³/mol. The van der Waals surface area contributed by atoms with E-state index in [0.29, 0.717) is 6.04 Å². The van der Waals surface area contributed by atoms with E-state index in [2.05, 4.69) is 27.0 Å². The summed E-state index contributed by atoms with van der Waals surface area (Å²) in [6, 6.07) is 1.43. The first kappa shape index (κ1) is 16.3. The maximum absolute atomic E-state index is 4.48. The Bertz CT molecular complexity index is 341. The Morgan fingerprint density at radius 2 is 1.85 bits per heavy atom. The van der Waals surface area contributed by atoms with Crippen LogP contribution in [0.4, 0.5) is 0 Å². The third kappa shape index (κ3) is 3.78. The van der Waals surface area contributed by atoms with Crippen molar-refractivity contribution in [1.29, 1.82) is 0 Å². The van der Waals surface area contributed by atoms with Crippen molar-refractivity contribution in [3.05, 3.63) is 0 Å². The summed E-state index contributed by atoms with van der Waals surface area (Å²) in [5.74, 6) is 1.96. The molecule has 2 saturated heterocycles. The van der Waals surface area contributed by atoms with Crippen LogP contribution in [0.2, 0.25) is 0 Å². The van der Waals surface area contributed by atoms with Crippen molar-refractivity contribution < 1.29 is 0 Å². The van der Waals surface area contributed by atoms with E-state index in [9.17, 15) is 0 Å². The molecule has 3 aliphatic rings. The fraction of sp³-hybridized carbons (Fsp3) is 0.933. The van der Waals surface area contributed by atoms with Crippen molar-refractivity contribution in [1.82, 2.24) is 15.1 Å². The molecule has 3 fully saturated rings. The molecule has 5 heteroatoms. The first-order chi connectivity index (χ1) is 9.28. The molecular weight excluding hydrogens is 363 g/mol. The zero-order valence-corrected chi connectivity index (χ0v) is 15.2. The molecule has 0 spiro atoms. The minimum absolute atomic E-state index is 0. The molecule has 3 atom stereocenters. The van der Waals surface area contributed by atoms with Gasteiger partial charge in [-0.15, -0.1) is 24.0 Å². The molecule has 4 nitrogen and oxygen atoms in total. The summed E-state index contributed by atoms with van der Waals surface area (Å²) in [6.45, 7) is 7.27. The highest BCUT2D eigenvalue weighted by molar-refractivity contribution is 14.0. The number of nitrogens with one attached hydrogen (secondary N) is 1. The number of hydrogen-bond donors (Lipinski definition) is 1. The lowest BCUT2D eigenvalue weighted by atomic mass is 10.1. The van der Waals surface area contributed by atoms with E-state index in [4.69, 9.17) is 0 Å². The Hall–Kier alpha value is -0.0400. The van der Waals surface area contributed by atoms with Crippen LogP contribution in [0.15, 0.2) is 4.99 Å². The van der Waals surface area contributed by atoms with Crippen molar-refractivity contribution >= 4 is 29.9 Å². The van der Waals surface area contributed by atoms with E-state index >= 15 is 0 Å². The van der Waals surface area contributed by atoms with Gasteiger partial charge in [0.05, 0.1) is 0 Å². The Morgan fingerprint density at radius 1 is 1.15 bits per heavy atom. The highest BCUT2D eigenvalue weighted by Crippen LogP contribution is 2.29. The minimum atomic E-state index is 0. The van der Waals surface area contributed by atoms with Crippen LogP contribution in [-0.4, -0.2) is 61.1 Å². The molecular formula is C15H29IN4. The number of aliphatic imine (C=N–C) groups is 1. The summed E-state index contributed by atoms with van der Waals surface area (Å²) in [5.41, 5.74) is 0. The van der Waals surface area contributed by atoms with Crippen LogP contribution < -0.4 is 5.32 Å². The monoisotopic (exact) mass is 392 g/mol. The normalized spacial score (nSPS) is 34.8. The van der Waals surface area contributed by atoms with Crippen LogP contribution >= 0.6 is 24.0 Å². The van der Waals surface area contributed by atoms with Crippen LogP contribution in [0.3, 0.4) is 0 Å². The lowest BCUT2D eigenvalue weighted by molar-refractivity contribution is 0.168. The molecule has 0 amide bonds. The van der Waals surface area contributed by atoms with Gasteiger partial charge in [-0.3, -0.25) is 9.89 Å². The van der Waals surface area contributed by atoms with Crippen molar-refractivity contribution in [3.63, 3.8) is 0 Å². The number of nitrogens with zero attached hydrogens (tertiary/aromatic N) is 3. The summed E-state index contributed by atoms with van der Waals surface area (Å²) in [6.07, 6.45) is 6.82. The SMILES string of the molecule is CN=C(NC1CC1C)N1CCC(N2CCCCC2)C1.I. The van der Waals surface area contributed by atoms with Gasteiger partial charge < -0.3 is 10.2 Å². The van der Waals surface area contributed by atoms with E-state index in [0.717, 1.165) is 17.9 Å². The third-order valence-electron chi connectivity index (χ3n) is 5.01. The summed E-state index contributed by atoms with van der Waals surface area (Å²) in [4.78, 5) is 9.64. The summed E-state index contributed by atoms with van der Waals surface area (Å²) < 4.78 is 0. The van der Waals surface area contributed by atoms with E-state index in [1.807, 2.05) is 7.05 Å². The molecule has 0 aromatic carbocycles. The van der Waals surface area contributed by atoms with Crippen LogP contribution in [-0.2, 0) is 0 Å². The second-order valence-corrected chi connectivity index (χ2v) is 6.50. The lowest BCUT2D eigenvalue weighted by Gasteiger charge is -2.32. The van der Waals surface area contributed by atoms with Gasteiger partial charge in [0.15, 0.2) is 5.96 Å². The fourth-order valence-corrected chi connectivity index (χ4v) is 3.50. The molecule has 0 aromatic rings. The van der Waals surface area contributed by atoms with Crippen molar-refractivity contribution in [2.24, 2.45) is 10.9 Å². The van der Waals surface area contributed by atoms with Gasteiger partial charge >= 0.3 is 0 Å². The average Bonchev–Trinajstić information content (AvgIpc) is 2.94. The molecule has 116 valence electrons. The van der Waals surface area contributed by atoms with E-state index < -0.39 is 0 Å². The van der Waals surface area contributed by atoms with E-state index in [-0.39, 0.29) is 24.0 Å². The molecule has 1 N–H and O–H groups in total. The third-order valence-corrected chi connectivity index (χ3v) is 5.01. The topological polar surface area (TPSA) is 30.9 Å². The van der Waals surface area contributed by atoms with Gasteiger partial charge in [0, 0.05) is 32.2 Å². The largest absolute Gasteiger partial charge is 0.353 e. The Balaban J connectivity index is 0.00000147. The number of halogens is 1. The summed E-state index contributed by atoms with van der Waals surface area (Å²) in [5, 5.41) is 3.61. The highest BCUT2D eigenvalue weighted by Gasteiger charge is 2.36. The number of rotatable bonds is 2. The van der Waals surface area contributed by atoms with Crippen LogP contribution in [0.5, 0.6) is 0 Å². The molecule has 3 rings (SSSR count). The van der Waals surface area contributed by atoms with Crippen molar-refractivity contribution in [2.75, 3.05) is 33.2 Å². The number of hydrogen-bond acceptors (Lipinski definition) is 2. The van der Waals surface area contributed by atoms with Gasteiger partial charge in [0.25, 0.3) is 0 Å². The standard InChI is InChI=1S/C15H28N4.HI/c1-12-10-14(12)17-15(16-2)19-9-6-13(11-19)18-7-4-3-5-8-18;/h12-14H,3-11H2,1-2H3,(H,16,17);1H. The summed E-state index contributed by atoms with van der Waals surface area (Å²) in [7, 11) is 1.92. The number of guanidine groups is 1. The fourth-order valence-electron chi connectivity index (χ4n) is 3.50. The molecule has 0 bridgehead atoms. The molecule has 0 aromatic heterocycles. The number of piperidine rings is 1. The van der Waals surface area contributed by atoms with Gasteiger partial charge in [-0.05, 0) is 44.7 Å². The van der Waals surface area contributed by atoms with Crippen molar-refractivity contribution in [3.8, 4) is 0 Å². The highest BCUT2D eigenvalue weighted by atomic mass is 127. The zero-order valence-electron chi connectivity index (χ0n) is 12.8. The van der Waals surface area contributed by atoms with Gasteiger partial charge in [-0.2, -0.15) is 0 Å². The van der Waals surface area contributed by atoms with Gasteiger partial charge in [-0.25, -0.2) is 0 Å². The van der Waals surface area contributed by atoms with Gasteiger partial charge in [0.1, 0.15) is 0 Å². The molecule has 0 radical (unpaired) electrons.